The quantitative estimate of drug-likeness (QED) is 0.891. The Bertz CT molecular complexity index is 357. The zero-order valence-electron chi connectivity index (χ0n) is 10.0. The van der Waals surface area contributed by atoms with Gasteiger partial charge in [-0.3, -0.25) is 0 Å². The molecule has 2 N–H and O–H groups in total. The Kier molecular flexibility index (Phi) is 7.09. The predicted octanol–water partition coefficient (Wildman–Crippen LogP) is 3.85. The first kappa shape index (κ1) is 17.1. The molecule has 1 aromatic carbocycles. The van der Waals surface area contributed by atoms with Crippen LogP contribution in [0.5, 0.6) is 5.75 Å². The maximum Gasteiger partial charge on any atom is 0.389 e. The fourth-order valence-electron chi connectivity index (χ4n) is 1.55. The molecule has 1 rings (SSSR count). The van der Waals surface area contributed by atoms with Crippen LogP contribution >= 0.6 is 12.4 Å². The van der Waals surface area contributed by atoms with Crippen molar-refractivity contribution in [2.24, 2.45) is 5.73 Å². The molecule has 1 atom stereocenters. The third-order valence-corrected chi connectivity index (χ3v) is 2.36. The van der Waals surface area contributed by atoms with E-state index in [1.807, 2.05) is 6.92 Å². The predicted molar refractivity (Wildman–Crippen MR) is 67.1 cm³/mol. The highest BCUT2D eigenvalue weighted by Crippen LogP contribution is 2.30. The number of hydrogen-bond acceptors (Lipinski definition) is 2. The first-order valence-electron chi connectivity index (χ1n) is 5.48. The number of ether oxygens (including phenoxy) is 1. The van der Waals surface area contributed by atoms with Crippen molar-refractivity contribution < 1.29 is 17.9 Å². The molecule has 104 valence electrons. The van der Waals surface area contributed by atoms with Crippen LogP contribution in [0.2, 0.25) is 0 Å². The van der Waals surface area contributed by atoms with Gasteiger partial charge in [-0.2, -0.15) is 13.2 Å². The van der Waals surface area contributed by atoms with E-state index in [0.29, 0.717) is 17.9 Å². The monoisotopic (exact) mass is 283 g/mol. The molecule has 6 heteroatoms. The first-order chi connectivity index (χ1) is 7.94. The summed E-state index contributed by atoms with van der Waals surface area (Å²) >= 11 is 0. The molecule has 0 amide bonds. The average molecular weight is 284 g/mol. The minimum atomic E-state index is -4.17. The molecule has 0 bridgehead atoms. The summed E-state index contributed by atoms with van der Waals surface area (Å²) < 4.78 is 41.6. The molecule has 0 aromatic heterocycles. The van der Waals surface area contributed by atoms with Crippen LogP contribution in [0.4, 0.5) is 13.2 Å². The van der Waals surface area contributed by atoms with Gasteiger partial charge in [-0.25, -0.2) is 0 Å². The van der Waals surface area contributed by atoms with Crippen molar-refractivity contribution in [3.63, 3.8) is 0 Å². The van der Waals surface area contributed by atoms with Crippen LogP contribution in [0.3, 0.4) is 0 Å². The topological polar surface area (TPSA) is 35.2 Å². The lowest BCUT2D eigenvalue weighted by molar-refractivity contribution is -0.136. The lowest BCUT2D eigenvalue weighted by Gasteiger charge is -2.17. The van der Waals surface area contributed by atoms with E-state index in [9.17, 15) is 13.2 Å². The third kappa shape index (κ3) is 5.60. The minimum Gasteiger partial charge on any atom is -0.494 e. The zero-order chi connectivity index (χ0) is 12.9. The number of halogens is 4. The van der Waals surface area contributed by atoms with Gasteiger partial charge in [0.25, 0.3) is 0 Å². The Morgan fingerprint density at radius 2 is 1.89 bits per heavy atom. The number of alkyl halides is 3. The van der Waals surface area contributed by atoms with Gasteiger partial charge < -0.3 is 10.5 Å². The van der Waals surface area contributed by atoms with Crippen LogP contribution in [0.25, 0.3) is 0 Å². The molecule has 0 aliphatic heterocycles. The van der Waals surface area contributed by atoms with Crippen LogP contribution < -0.4 is 10.5 Å². The molecule has 0 heterocycles. The van der Waals surface area contributed by atoms with E-state index >= 15 is 0 Å². The second-order valence-electron chi connectivity index (χ2n) is 3.73. The van der Waals surface area contributed by atoms with Crippen molar-refractivity contribution in [1.82, 2.24) is 0 Å². The molecule has 2 nitrogen and oxygen atoms in total. The highest BCUT2D eigenvalue weighted by Gasteiger charge is 2.28. The summed E-state index contributed by atoms with van der Waals surface area (Å²) in [6.45, 7) is 2.28. The minimum absolute atomic E-state index is 0. The Labute approximate surface area is 111 Å². The van der Waals surface area contributed by atoms with Crippen LogP contribution in [-0.2, 0) is 0 Å². The maximum absolute atomic E-state index is 12.1. The van der Waals surface area contributed by atoms with Gasteiger partial charge >= 0.3 is 6.18 Å². The average Bonchev–Trinajstić information content (AvgIpc) is 2.26. The molecular formula is C12H17ClF3NO. The van der Waals surface area contributed by atoms with E-state index in [2.05, 4.69) is 0 Å². The molecule has 0 saturated heterocycles. The molecule has 0 spiro atoms. The van der Waals surface area contributed by atoms with Crippen molar-refractivity contribution in [2.45, 2.75) is 32.0 Å². The van der Waals surface area contributed by atoms with Crippen molar-refractivity contribution >= 4 is 12.4 Å². The summed E-state index contributed by atoms with van der Waals surface area (Å²) in [6, 6.07) is 6.27. The van der Waals surface area contributed by atoms with Gasteiger partial charge in [0.15, 0.2) is 0 Å². The molecule has 0 radical (unpaired) electrons. The van der Waals surface area contributed by atoms with E-state index < -0.39 is 18.6 Å². The standard InChI is InChI=1S/C12H16F3NO.ClH/c1-2-17-11-6-4-3-5-9(11)10(16)7-8-12(13,14)15;/h3-6,10H,2,7-8,16H2,1H3;1H/t10-;/m0./s1. The Morgan fingerprint density at radius 1 is 1.28 bits per heavy atom. The second-order valence-corrected chi connectivity index (χ2v) is 3.73. The molecular weight excluding hydrogens is 267 g/mol. The molecule has 0 aliphatic rings. The lowest BCUT2D eigenvalue weighted by Crippen LogP contribution is -2.16. The molecule has 0 unspecified atom stereocenters. The van der Waals surface area contributed by atoms with E-state index in [1.54, 1.807) is 24.3 Å². The summed E-state index contributed by atoms with van der Waals surface area (Å²) in [4.78, 5) is 0. The smallest absolute Gasteiger partial charge is 0.389 e. The van der Waals surface area contributed by atoms with Crippen LogP contribution in [0.15, 0.2) is 24.3 Å². The van der Waals surface area contributed by atoms with E-state index in [-0.39, 0.29) is 18.8 Å². The highest BCUT2D eigenvalue weighted by molar-refractivity contribution is 5.85. The maximum atomic E-state index is 12.1. The normalized spacial score (nSPS) is 12.7. The van der Waals surface area contributed by atoms with Crippen molar-refractivity contribution in [3.05, 3.63) is 29.8 Å². The summed E-state index contributed by atoms with van der Waals surface area (Å²) in [5, 5.41) is 0. The number of hydrogen-bond donors (Lipinski definition) is 1. The largest absolute Gasteiger partial charge is 0.494 e. The fraction of sp³-hybridized carbons (Fsp3) is 0.500. The van der Waals surface area contributed by atoms with E-state index in [0.717, 1.165) is 0 Å². The zero-order valence-corrected chi connectivity index (χ0v) is 10.9. The fourth-order valence-corrected chi connectivity index (χ4v) is 1.55. The summed E-state index contributed by atoms with van der Waals surface area (Å²) in [7, 11) is 0. The molecule has 18 heavy (non-hydrogen) atoms. The van der Waals surface area contributed by atoms with E-state index in [4.69, 9.17) is 10.5 Å². The third-order valence-electron chi connectivity index (χ3n) is 2.36. The van der Waals surface area contributed by atoms with Crippen molar-refractivity contribution in [2.75, 3.05) is 6.61 Å². The van der Waals surface area contributed by atoms with Crippen LogP contribution in [-0.4, -0.2) is 12.8 Å². The van der Waals surface area contributed by atoms with Gasteiger partial charge in [0.05, 0.1) is 6.61 Å². The SMILES string of the molecule is CCOc1ccccc1[C@@H](N)CCC(F)(F)F.Cl. The van der Waals surface area contributed by atoms with Gasteiger partial charge in [0.2, 0.25) is 0 Å². The number of benzene rings is 1. The highest BCUT2D eigenvalue weighted by atomic mass is 35.5. The van der Waals surface area contributed by atoms with Crippen molar-refractivity contribution in [1.29, 1.82) is 0 Å². The second kappa shape index (κ2) is 7.48. The van der Waals surface area contributed by atoms with Crippen molar-refractivity contribution in [3.8, 4) is 5.75 Å². The molecule has 0 aliphatic carbocycles. The van der Waals surface area contributed by atoms with Gasteiger partial charge in [-0.1, -0.05) is 18.2 Å². The molecule has 0 saturated carbocycles. The van der Waals surface area contributed by atoms with Crippen LogP contribution in [0.1, 0.15) is 31.4 Å². The Balaban J connectivity index is 0.00000289. The molecule has 0 fully saturated rings. The van der Waals surface area contributed by atoms with Gasteiger partial charge in [-0.15, -0.1) is 12.4 Å². The number of rotatable bonds is 5. The number of nitrogens with two attached hydrogens (primary N) is 1. The van der Waals surface area contributed by atoms with E-state index in [1.165, 1.54) is 0 Å². The lowest BCUT2D eigenvalue weighted by atomic mass is 10.0. The van der Waals surface area contributed by atoms with Gasteiger partial charge in [-0.05, 0) is 19.4 Å². The van der Waals surface area contributed by atoms with Crippen LogP contribution in [0, 0.1) is 0 Å². The first-order valence-corrected chi connectivity index (χ1v) is 5.48. The Hall–Kier alpha value is -0.940. The summed E-state index contributed by atoms with van der Waals surface area (Å²) in [5.41, 5.74) is 6.38. The summed E-state index contributed by atoms with van der Waals surface area (Å²) in [5.74, 6) is 0.560. The van der Waals surface area contributed by atoms with Gasteiger partial charge in [0, 0.05) is 18.0 Å². The summed E-state index contributed by atoms with van der Waals surface area (Å²) in [6.07, 6.45) is -5.18. The molecule has 1 aromatic rings. The number of para-hydroxylation sites is 1. The van der Waals surface area contributed by atoms with Gasteiger partial charge in [0.1, 0.15) is 5.75 Å². The Morgan fingerprint density at radius 3 is 2.44 bits per heavy atom.